The van der Waals surface area contributed by atoms with Crippen LogP contribution in [0.3, 0.4) is 0 Å². The Morgan fingerprint density at radius 3 is 2.32 bits per heavy atom. The van der Waals surface area contributed by atoms with Gasteiger partial charge in [-0.3, -0.25) is 4.79 Å². The number of nitrogens with two attached hydrogens (primary N) is 1. The summed E-state index contributed by atoms with van der Waals surface area (Å²) in [6.45, 7) is 1.66. The first-order chi connectivity index (χ1) is 9.88. The Hall–Kier alpha value is -1.31. The van der Waals surface area contributed by atoms with Crippen LogP contribution in [0.15, 0.2) is 24.3 Å². The van der Waals surface area contributed by atoms with E-state index in [1.54, 1.807) is 4.90 Å². The van der Waals surface area contributed by atoms with Crippen LogP contribution in [0.25, 0.3) is 0 Å². The number of amides is 1. The monoisotopic (exact) mass is 347 g/mol. The number of carbonyl (C=O) groups excluding carboxylic acids is 1. The van der Waals surface area contributed by atoms with E-state index in [0.717, 1.165) is 5.56 Å². The van der Waals surface area contributed by atoms with E-state index in [1.807, 2.05) is 24.3 Å². The van der Waals surface area contributed by atoms with E-state index < -0.39 is 10.0 Å². The van der Waals surface area contributed by atoms with Crippen molar-refractivity contribution in [1.29, 1.82) is 0 Å². The fourth-order valence-corrected chi connectivity index (χ4v) is 3.26. The van der Waals surface area contributed by atoms with Crippen molar-refractivity contribution in [3.8, 4) is 0 Å². The first-order valence-electron chi connectivity index (χ1n) is 6.94. The minimum absolute atomic E-state index is 0. The van der Waals surface area contributed by atoms with Crippen molar-refractivity contribution in [2.24, 2.45) is 0 Å². The first-order valence-corrected chi connectivity index (χ1v) is 8.79. The molecule has 124 valence electrons. The number of rotatable bonds is 4. The van der Waals surface area contributed by atoms with Gasteiger partial charge in [0.05, 0.1) is 6.26 Å². The number of nitrogens with zero attached hydrogens (tertiary/aromatic N) is 2. The molecule has 1 saturated heterocycles. The summed E-state index contributed by atoms with van der Waals surface area (Å²) in [5.74, 6) is 0.0476. The summed E-state index contributed by atoms with van der Waals surface area (Å²) in [6.07, 6.45) is 2.20. The molecule has 1 aromatic rings. The Bertz CT molecular complexity index is 614. The lowest BCUT2D eigenvalue weighted by Gasteiger charge is -2.33. The van der Waals surface area contributed by atoms with Gasteiger partial charge in [-0.2, -0.15) is 4.31 Å². The van der Waals surface area contributed by atoms with Gasteiger partial charge >= 0.3 is 0 Å². The fourth-order valence-electron chi connectivity index (χ4n) is 2.43. The number of halogens is 1. The molecule has 22 heavy (non-hydrogen) atoms. The highest BCUT2D eigenvalue weighted by Gasteiger charge is 2.25. The average Bonchev–Trinajstić information content (AvgIpc) is 2.45. The van der Waals surface area contributed by atoms with Gasteiger partial charge in [0.1, 0.15) is 0 Å². The van der Waals surface area contributed by atoms with Gasteiger partial charge in [-0.1, -0.05) is 18.2 Å². The first kappa shape index (κ1) is 18.7. The number of anilines is 1. The highest BCUT2D eigenvalue weighted by molar-refractivity contribution is 7.88. The highest BCUT2D eigenvalue weighted by Crippen LogP contribution is 2.14. The number of hydrogen-bond acceptors (Lipinski definition) is 4. The number of piperazine rings is 1. The molecule has 0 aromatic heterocycles. The van der Waals surface area contributed by atoms with Gasteiger partial charge in [0.25, 0.3) is 0 Å². The number of aryl methyl sites for hydroxylation is 1. The van der Waals surface area contributed by atoms with Crippen molar-refractivity contribution in [3.63, 3.8) is 0 Å². The van der Waals surface area contributed by atoms with Crippen LogP contribution in [0, 0.1) is 0 Å². The predicted octanol–water partition coefficient (Wildman–Crippen LogP) is 0.727. The van der Waals surface area contributed by atoms with Crippen LogP contribution in [0.4, 0.5) is 5.69 Å². The lowest BCUT2D eigenvalue weighted by molar-refractivity contribution is -0.132. The summed E-state index contributed by atoms with van der Waals surface area (Å²) in [6, 6.07) is 7.51. The van der Waals surface area contributed by atoms with E-state index in [-0.39, 0.29) is 18.3 Å². The van der Waals surface area contributed by atoms with E-state index in [4.69, 9.17) is 5.73 Å². The molecule has 0 unspecified atom stereocenters. The van der Waals surface area contributed by atoms with Crippen LogP contribution >= 0.6 is 12.4 Å². The minimum Gasteiger partial charge on any atom is -0.399 e. The summed E-state index contributed by atoms with van der Waals surface area (Å²) >= 11 is 0. The van der Waals surface area contributed by atoms with Gasteiger partial charge in [0.2, 0.25) is 15.9 Å². The number of sulfonamides is 1. The molecule has 0 spiro atoms. The lowest BCUT2D eigenvalue weighted by Crippen LogP contribution is -2.50. The lowest BCUT2D eigenvalue weighted by atomic mass is 10.1. The molecule has 1 aliphatic rings. The summed E-state index contributed by atoms with van der Waals surface area (Å²) < 4.78 is 24.2. The molecule has 0 saturated carbocycles. The quantitative estimate of drug-likeness (QED) is 0.814. The molecule has 6 nitrogen and oxygen atoms in total. The minimum atomic E-state index is -3.16. The van der Waals surface area contributed by atoms with Crippen LogP contribution in [0.5, 0.6) is 0 Å². The van der Waals surface area contributed by atoms with Gasteiger partial charge in [0, 0.05) is 38.3 Å². The molecule has 1 heterocycles. The SMILES string of the molecule is CS(=O)(=O)N1CCN(C(=O)CCc2ccccc2N)CC1.Cl. The third-order valence-electron chi connectivity index (χ3n) is 3.72. The molecule has 2 N–H and O–H groups in total. The Morgan fingerprint density at radius 1 is 1.18 bits per heavy atom. The van der Waals surface area contributed by atoms with Crippen molar-refractivity contribution < 1.29 is 13.2 Å². The van der Waals surface area contributed by atoms with Gasteiger partial charge in [-0.05, 0) is 18.1 Å². The van der Waals surface area contributed by atoms with Gasteiger partial charge in [-0.25, -0.2) is 8.42 Å². The van der Waals surface area contributed by atoms with Crippen LogP contribution in [-0.4, -0.2) is 56.0 Å². The van der Waals surface area contributed by atoms with E-state index in [9.17, 15) is 13.2 Å². The third-order valence-corrected chi connectivity index (χ3v) is 5.03. The molecule has 1 aromatic carbocycles. The molecule has 1 fully saturated rings. The number of hydrogen-bond donors (Lipinski definition) is 1. The zero-order valence-electron chi connectivity index (χ0n) is 12.6. The van der Waals surface area contributed by atoms with Gasteiger partial charge in [-0.15, -0.1) is 12.4 Å². The highest BCUT2D eigenvalue weighted by atomic mass is 35.5. The van der Waals surface area contributed by atoms with Crippen molar-refractivity contribution in [3.05, 3.63) is 29.8 Å². The normalized spacial score (nSPS) is 16.1. The Labute approximate surface area is 137 Å². The molecule has 2 rings (SSSR count). The Kier molecular flexibility index (Phi) is 6.65. The van der Waals surface area contributed by atoms with Gasteiger partial charge in [0.15, 0.2) is 0 Å². The molecule has 1 aliphatic heterocycles. The molecular weight excluding hydrogens is 326 g/mol. The standard InChI is InChI=1S/C14H21N3O3S.ClH/c1-21(19,20)17-10-8-16(9-11-17)14(18)7-6-12-4-2-3-5-13(12)15;/h2-5H,6-11,15H2,1H3;1H. The maximum atomic E-state index is 12.2. The smallest absolute Gasteiger partial charge is 0.222 e. The number of para-hydroxylation sites is 1. The maximum Gasteiger partial charge on any atom is 0.222 e. The number of nitrogen functional groups attached to an aromatic ring is 1. The molecular formula is C14H22ClN3O3S. The zero-order chi connectivity index (χ0) is 15.5. The van der Waals surface area contributed by atoms with Crippen molar-refractivity contribution >= 4 is 34.0 Å². The molecule has 8 heteroatoms. The van der Waals surface area contributed by atoms with Crippen molar-refractivity contribution in [1.82, 2.24) is 9.21 Å². The predicted molar refractivity (Wildman–Crippen MR) is 89.4 cm³/mol. The summed E-state index contributed by atoms with van der Waals surface area (Å²) in [5.41, 5.74) is 7.53. The Morgan fingerprint density at radius 2 is 1.77 bits per heavy atom. The fraction of sp³-hybridized carbons (Fsp3) is 0.500. The summed E-state index contributed by atoms with van der Waals surface area (Å²) in [4.78, 5) is 13.9. The van der Waals surface area contributed by atoms with Crippen LogP contribution in [0.1, 0.15) is 12.0 Å². The molecule has 1 amide bonds. The topological polar surface area (TPSA) is 83.7 Å². The second-order valence-electron chi connectivity index (χ2n) is 5.24. The molecule has 0 bridgehead atoms. The maximum absolute atomic E-state index is 12.2. The second kappa shape index (κ2) is 7.80. The average molecular weight is 348 g/mol. The van der Waals surface area contributed by atoms with Crippen molar-refractivity contribution in [2.45, 2.75) is 12.8 Å². The van der Waals surface area contributed by atoms with Crippen LogP contribution < -0.4 is 5.73 Å². The van der Waals surface area contributed by atoms with E-state index in [2.05, 4.69) is 0 Å². The van der Waals surface area contributed by atoms with E-state index >= 15 is 0 Å². The van der Waals surface area contributed by atoms with Crippen LogP contribution in [0.2, 0.25) is 0 Å². The summed E-state index contributed by atoms with van der Waals surface area (Å²) in [7, 11) is -3.16. The van der Waals surface area contributed by atoms with E-state index in [1.165, 1.54) is 10.6 Å². The van der Waals surface area contributed by atoms with Gasteiger partial charge < -0.3 is 10.6 Å². The number of benzene rings is 1. The molecule has 0 radical (unpaired) electrons. The zero-order valence-corrected chi connectivity index (χ0v) is 14.2. The molecule has 0 aliphatic carbocycles. The second-order valence-corrected chi connectivity index (χ2v) is 7.22. The van der Waals surface area contributed by atoms with E-state index in [0.29, 0.717) is 44.7 Å². The molecule has 0 atom stereocenters. The van der Waals surface area contributed by atoms with Crippen molar-refractivity contribution in [2.75, 3.05) is 38.2 Å². The number of carbonyl (C=O) groups is 1. The third kappa shape index (κ3) is 4.86. The van der Waals surface area contributed by atoms with Crippen LogP contribution in [-0.2, 0) is 21.2 Å². The largest absolute Gasteiger partial charge is 0.399 e. The summed E-state index contributed by atoms with van der Waals surface area (Å²) in [5, 5.41) is 0. The Balaban J connectivity index is 0.00000242.